The summed E-state index contributed by atoms with van der Waals surface area (Å²) in [5.41, 5.74) is 6.73. The Hall–Kier alpha value is -2.02. The Balaban J connectivity index is 1.83. The van der Waals surface area contributed by atoms with Gasteiger partial charge in [0.15, 0.2) is 5.16 Å². The standard InChI is InChI=1S/C22H34N4O2S/c1-16(2)15-26-20(12-11-19(23)27)24-25-21(26)29-14-6-13-28-18-9-7-17(8-10-18)22(3,4)5/h7-10,16H,6,11-15H2,1-5H3,(H2,23,27). The van der Waals surface area contributed by atoms with E-state index in [0.717, 1.165) is 35.4 Å². The molecule has 2 rings (SSSR count). The van der Waals surface area contributed by atoms with E-state index in [-0.39, 0.29) is 11.3 Å². The van der Waals surface area contributed by atoms with Crippen molar-refractivity contribution in [3.63, 3.8) is 0 Å². The number of hydrogen-bond acceptors (Lipinski definition) is 5. The first-order valence-electron chi connectivity index (χ1n) is 10.2. The molecule has 0 spiro atoms. The second-order valence-electron chi connectivity index (χ2n) is 8.69. The number of benzene rings is 1. The summed E-state index contributed by atoms with van der Waals surface area (Å²) >= 11 is 1.68. The molecule has 1 aromatic heterocycles. The molecule has 2 aromatic rings. The summed E-state index contributed by atoms with van der Waals surface area (Å²) in [7, 11) is 0. The van der Waals surface area contributed by atoms with Gasteiger partial charge in [-0.25, -0.2) is 0 Å². The third-order valence-corrected chi connectivity index (χ3v) is 5.50. The number of carbonyl (C=O) groups excluding carboxylic acids is 1. The zero-order valence-electron chi connectivity index (χ0n) is 18.3. The molecule has 160 valence electrons. The first-order valence-corrected chi connectivity index (χ1v) is 11.2. The van der Waals surface area contributed by atoms with Crippen LogP contribution in [0, 0.1) is 5.92 Å². The van der Waals surface area contributed by atoms with Crippen LogP contribution in [0.4, 0.5) is 0 Å². The normalized spacial score (nSPS) is 11.8. The number of carbonyl (C=O) groups is 1. The largest absolute Gasteiger partial charge is 0.494 e. The van der Waals surface area contributed by atoms with E-state index in [0.29, 0.717) is 25.4 Å². The van der Waals surface area contributed by atoms with Gasteiger partial charge in [0, 0.05) is 25.1 Å². The monoisotopic (exact) mass is 418 g/mol. The van der Waals surface area contributed by atoms with E-state index >= 15 is 0 Å². The second kappa shape index (κ2) is 10.7. The van der Waals surface area contributed by atoms with Crippen LogP contribution in [0.15, 0.2) is 29.4 Å². The quantitative estimate of drug-likeness (QED) is 0.436. The van der Waals surface area contributed by atoms with Crippen LogP contribution in [0.25, 0.3) is 0 Å². The fraction of sp³-hybridized carbons (Fsp3) is 0.591. The molecule has 0 aliphatic heterocycles. The van der Waals surface area contributed by atoms with Crippen molar-refractivity contribution in [2.24, 2.45) is 11.7 Å². The Labute approximate surface area is 178 Å². The lowest BCUT2D eigenvalue weighted by Gasteiger charge is -2.19. The lowest BCUT2D eigenvalue weighted by atomic mass is 9.87. The molecule has 0 bridgehead atoms. The molecule has 0 radical (unpaired) electrons. The minimum Gasteiger partial charge on any atom is -0.494 e. The van der Waals surface area contributed by atoms with E-state index in [4.69, 9.17) is 10.5 Å². The summed E-state index contributed by atoms with van der Waals surface area (Å²) < 4.78 is 7.98. The molecule has 0 aliphatic carbocycles. The highest BCUT2D eigenvalue weighted by molar-refractivity contribution is 7.99. The molecule has 1 aromatic carbocycles. The molecule has 0 saturated heterocycles. The van der Waals surface area contributed by atoms with Crippen LogP contribution in [0.3, 0.4) is 0 Å². The SMILES string of the molecule is CC(C)Cn1c(CCC(N)=O)nnc1SCCCOc1ccc(C(C)(C)C)cc1. The molecule has 29 heavy (non-hydrogen) atoms. The van der Waals surface area contributed by atoms with Gasteiger partial charge < -0.3 is 15.0 Å². The number of thioether (sulfide) groups is 1. The van der Waals surface area contributed by atoms with E-state index in [2.05, 4.69) is 61.5 Å². The smallest absolute Gasteiger partial charge is 0.217 e. The van der Waals surface area contributed by atoms with Gasteiger partial charge in [-0.1, -0.05) is 58.5 Å². The number of ether oxygens (including phenoxy) is 1. The molecule has 0 fully saturated rings. The molecular weight excluding hydrogens is 384 g/mol. The number of aryl methyl sites for hydroxylation is 1. The maximum absolute atomic E-state index is 11.1. The highest BCUT2D eigenvalue weighted by atomic mass is 32.2. The van der Waals surface area contributed by atoms with E-state index in [1.807, 2.05) is 12.1 Å². The van der Waals surface area contributed by atoms with Crippen LogP contribution in [-0.4, -0.2) is 33.0 Å². The van der Waals surface area contributed by atoms with Gasteiger partial charge in [0.25, 0.3) is 0 Å². The van der Waals surface area contributed by atoms with Gasteiger partial charge in [-0.2, -0.15) is 0 Å². The maximum atomic E-state index is 11.1. The molecule has 0 saturated carbocycles. The Bertz CT molecular complexity index is 779. The topological polar surface area (TPSA) is 83.0 Å². The molecule has 6 nitrogen and oxygen atoms in total. The number of rotatable bonds is 11. The van der Waals surface area contributed by atoms with E-state index < -0.39 is 0 Å². The predicted molar refractivity (Wildman–Crippen MR) is 118 cm³/mol. The van der Waals surface area contributed by atoms with E-state index in [9.17, 15) is 4.79 Å². The van der Waals surface area contributed by atoms with Crippen LogP contribution in [0.1, 0.15) is 58.8 Å². The summed E-state index contributed by atoms with van der Waals surface area (Å²) in [4.78, 5) is 11.1. The van der Waals surface area contributed by atoms with Gasteiger partial charge >= 0.3 is 0 Å². The summed E-state index contributed by atoms with van der Waals surface area (Å²) in [6, 6.07) is 8.34. The first-order chi connectivity index (χ1) is 13.7. The number of aromatic nitrogens is 3. The number of hydrogen-bond donors (Lipinski definition) is 1. The van der Waals surface area contributed by atoms with Crippen LogP contribution in [0.2, 0.25) is 0 Å². The fourth-order valence-electron chi connectivity index (χ4n) is 2.86. The highest BCUT2D eigenvalue weighted by Gasteiger charge is 2.15. The van der Waals surface area contributed by atoms with Crippen LogP contribution in [-0.2, 0) is 23.2 Å². The predicted octanol–water partition coefficient (Wildman–Crippen LogP) is 4.21. The number of nitrogens with zero attached hydrogens (tertiary/aromatic N) is 3. The van der Waals surface area contributed by atoms with Crippen molar-refractivity contribution in [1.29, 1.82) is 0 Å². The molecule has 0 atom stereocenters. The molecular formula is C22H34N4O2S. The average Bonchev–Trinajstić information content (AvgIpc) is 3.00. The van der Waals surface area contributed by atoms with Gasteiger partial charge in [0.2, 0.25) is 5.91 Å². The molecule has 0 aliphatic rings. The van der Waals surface area contributed by atoms with Crippen LogP contribution < -0.4 is 10.5 Å². The van der Waals surface area contributed by atoms with Crippen molar-refractivity contribution >= 4 is 17.7 Å². The highest BCUT2D eigenvalue weighted by Crippen LogP contribution is 2.25. The molecule has 2 N–H and O–H groups in total. The van der Waals surface area contributed by atoms with Crippen molar-refractivity contribution in [2.75, 3.05) is 12.4 Å². The van der Waals surface area contributed by atoms with E-state index in [1.165, 1.54) is 5.56 Å². The summed E-state index contributed by atoms with van der Waals surface area (Å²) in [6.07, 6.45) is 1.74. The van der Waals surface area contributed by atoms with Gasteiger partial charge in [-0.05, 0) is 35.4 Å². The Morgan fingerprint density at radius 2 is 1.90 bits per heavy atom. The molecule has 1 heterocycles. The van der Waals surface area contributed by atoms with Gasteiger partial charge in [-0.15, -0.1) is 10.2 Å². The van der Waals surface area contributed by atoms with Crippen LogP contribution in [0.5, 0.6) is 5.75 Å². The summed E-state index contributed by atoms with van der Waals surface area (Å²) in [6.45, 7) is 12.4. The first kappa shape index (κ1) is 23.3. The lowest BCUT2D eigenvalue weighted by molar-refractivity contribution is -0.118. The average molecular weight is 419 g/mol. The number of primary amides is 1. The Kier molecular flexibility index (Phi) is 8.56. The number of nitrogens with two attached hydrogens (primary N) is 1. The van der Waals surface area contributed by atoms with Gasteiger partial charge in [0.05, 0.1) is 6.61 Å². The van der Waals surface area contributed by atoms with Gasteiger partial charge in [-0.3, -0.25) is 4.79 Å². The summed E-state index contributed by atoms with van der Waals surface area (Å²) in [5, 5.41) is 9.48. The lowest BCUT2D eigenvalue weighted by Crippen LogP contribution is -2.15. The zero-order valence-corrected chi connectivity index (χ0v) is 19.1. The number of amides is 1. The van der Waals surface area contributed by atoms with Crippen molar-refractivity contribution in [2.45, 2.75) is 71.0 Å². The molecule has 1 amide bonds. The van der Waals surface area contributed by atoms with Crippen molar-refractivity contribution in [1.82, 2.24) is 14.8 Å². The third kappa shape index (κ3) is 7.72. The fourth-order valence-corrected chi connectivity index (χ4v) is 3.74. The van der Waals surface area contributed by atoms with Crippen molar-refractivity contribution in [3.05, 3.63) is 35.7 Å². The van der Waals surface area contributed by atoms with E-state index in [1.54, 1.807) is 11.8 Å². The molecule has 0 unspecified atom stereocenters. The Morgan fingerprint density at radius 1 is 1.21 bits per heavy atom. The second-order valence-corrected chi connectivity index (χ2v) is 9.76. The van der Waals surface area contributed by atoms with Crippen molar-refractivity contribution < 1.29 is 9.53 Å². The molecule has 7 heteroatoms. The minimum absolute atomic E-state index is 0.150. The minimum atomic E-state index is -0.314. The van der Waals surface area contributed by atoms with Gasteiger partial charge in [0.1, 0.15) is 11.6 Å². The third-order valence-electron chi connectivity index (χ3n) is 4.45. The van der Waals surface area contributed by atoms with Crippen LogP contribution >= 0.6 is 11.8 Å². The zero-order chi connectivity index (χ0) is 21.4. The Morgan fingerprint density at radius 3 is 2.48 bits per heavy atom. The maximum Gasteiger partial charge on any atom is 0.217 e. The van der Waals surface area contributed by atoms with Crippen molar-refractivity contribution in [3.8, 4) is 5.75 Å². The summed E-state index contributed by atoms with van der Waals surface area (Å²) in [5.74, 6) is 2.78.